The van der Waals surface area contributed by atoms with Gasteiger partial charge in [0.25, 0.3) is 0 Å². The maximum Gasteiger partial charge on any atom is 0.229 e. The lowest BCUT2D eigenvalue weighted by Crippen LogP contribution is -2.29. The zero-order valence-electron chi connectivity index (χ0n) is 21.2. The lowest BCUT2D eigenvalue weighted by atomic mass is 10.1. The Kier molecular flexibility index (Phi) is 7.26. The molecule has 5 aromatic rings. The predicted molar refractivity (Wildman–Crippen MR) is 150 cm³/mol. The molecular weight excluding hydrogens is 537 g/mol. The van der Waals surface area contributed by atoms with E-state index in [1.807, 2.05) is 17.5 Å². The third-order valence-corrected chi connectivity index (χ3v) is 8.16. The Labute approximate surface area is 232 Å². The van der Waals surface area contributed by atoms with E-state index in [-0.39, 0.29) is 18.0 Å². The van der Waals surface area contributed by atoms with Crippen molar-refractivity contribution in [2.75, 3.05) is 23.7 Å². The Bertz CT molecular complexity index is 1620. The van der Waals surface area contributed by atoms with Crippen molar-refractivity contribution < 1.29 is 9.18 Å². The number of piperidine rings is 1. The fraction of sp³-hybridized carbons (Fsp3) is 0.308. The summed E-state index contributed by atoms with van der Waals surface area (Å²) in [4.78, 5) is 33.2. The number of pyridine rings is 1. The lowest BCUT2D eigenvalue weighted by molar-refractivity contribution is -0.115. The number of amides is 1. The van der Waals surface area contributed by atoms with Crippen molar-refractivity contribution in [2.24, 2.45) is 0 Å². The maximum atomic E-state index is 13.8. The van der Waals surface area contributed by atoms with E-state index in [1.165, 1.54) is 54.4 Å². The summed E-state index contributed by atoms with van der Waals surface area (Å²) in [6.45, 7) is 5.05. The normalized spacial score (nSPS) is 14.1. The standard InChI is InChI=1S/C26H26FN9OS2/c1-16-14-36-21(26-30-11-18(38-26)10-22(37)32-20-5-6-28-12-19(20)27)13-29-25(36)24(31-16)33-23-9-17(34-39-23)15-35-7-3-2-4-8-35/h5-6,9,11-14H,2-4,7-8,10,15H2,1H3,(H,31,33)(H,28,32,37). The number of nitrogens with one attached hydrogen (secondary N) is 2. The molecule has 200 valence electrons. The first kappa shape index (κ1) is 25.5. The van der Waals surface area contributed by atoms with Crippen LogP contribution in [0.3, 0.4) is 0 Å². The molecule has 0 radical (unpaired) electrons. The summed E-state index contributed by atoms with van der Waals surface area (Å²) < 4.78 is 20.4. The van der Waals surface area contributed by atoms with Crippen molar-refractivity contribution in [3.05, 3.63) is 65.2 Å². The number of carbonyl (C=O) groups excluding carboxylic acids is 1. The number of halogens is 1. The van der Waals surface area contributed by atoms with Crippen molar-refractivity contribution >= 4 is 50.9 Å². The average Bonchev–Trinajstić information content (AvgIpc) is 3.66. The molecule has 0 saturated carbocycles. The summed E-state index contributed by atoms with van der Waals surface area (Å²) in [5, 5.41) is 7.62. The van der Waals surface area contributed by atoms with Gasteiger partial charge in [0, 0.05) is 30.0 Å². The summed E-state index contributed by atoms with van der Waals surface area (Å²) in [7, 11) is 0. The van der Waals surface area contributed by atoms with Gasteiger partial charge in [0.2, 0.25) is 5.91 Å². The van der Waals surface area contributed by atoms with E-state index in [0.29, 0.717) is 11.5 Å². The Morgan fingerprint density at radius 3 is 2.87 bits per heavy atom. The second kappa shape index (κ2) is 11.1. The first-order valence-corrected chi connectivity index (χ1v) is 14.2. The molecule has 13 heteroatoms. The number of aryl methyl sites for hydroxylation is 1. The molecule has 1 aliphatic heterocycles. The first-order chi connectivity index (χ1) is 19.0. The number of carbonyl (C=O) groups is 1. The lowest BCUT2D eigenvalue weighted by Gasteiger charge is -2.25. The number of aromatic nitrogens is 6. The molecule has 1 fully saturated rings. The average molecular weight is 564 g/mol. The van der Waals surface area contributed by atoms with E-state index in [2.05, 4.69) is 45.9 Å². The number of rotatable bonds is 8. The van der Waals surface area contributed by atoms with Gasteiger partial charge in [-0.1, -0.05) is 6.42 Å². The van der Waals surface area contributed by atoms with Crippen LogP contribution >= 0.6 is 22.9 Å². The van der Waals surface area contributed by atoms with Gasteiger partial charge in [0.1, 0.15) is 15.7 Å². The molecule has 0 unspecified atom stereocenters. The van der Waals surface area contributed by atoms with Crippen LogP contribution in [-0.4, -0.2) is 52.6 Å². The monoisotopic (exact) mass is 563 g/mol. The largest absolute Gasteiger partial charge is 0.328 e. The number of nitrogens with zero attached hydrogens (tertiary/aromatic N) is 7. The number of anilines is 3. The zero-order chi connectivity index (χ0) is 26.8. The van der Waals surface area contributed by atoms with Gasteiger partial charge in [-0.05, 0) is 56.5 Å². The van der Waals surface area contributed by atoms with Gasteiger partial charge < -0.3 is 10.6 Å². The molecule has 6 heterocycles. The van der Waals surface area contributed by atoms with E-state index in [1.54, 1.807) is 12.4 Å². The topological polar surface area (TPSA) is 113 Å². The minimum Gasteiger partial charge on any atom is -0.328 e. The SMILES string of the molecule is Cc1cn2c(-c3ncc(CC(=O)Nc4ccncc4F)s3)cnc2c(Nc2cc(CN3CCCCC3)ns2)n1. The van der Waals surface area contributed by atoms with Crippen molar-refractivity contribution in [3.8, 4) is 10.7 Å². The van der Waals surface area contributed by atoms with Crippen LogP contribution in [0.25, 0.3) is 16.3 Å². The molecule has 10 nitrogen and oxygen atoms in total. The highest BCUT2D eigenvalue weighted by Gasteiger charge is 2.18. The van der Waals surface area contributed by atoms with Crippen LogP contribution in [0.1, 0.15) is 35.5 Å². The number of fused-ring (bicyclic) bond motifs is 1. The van der Waals surface area contributed by atoms with Gasteiger partial charge in [0.05, 0.1) is 35.9 Å². The van der Waals surface area contributed by atoms with E-state index < -0.39 is 5.82 Å². The van der Waals surface area contributed by atoms with Crippen molar-refractivity contribution in [2.45, 2.75) is 39.2 Å². The van der Waals surface area contributed by atoms with Gasteiger partial charge in [-0.2, -0.15) is 4.37 Å². The van der Waals surface area contributed by atoms with Gasteiger partial charge >= 0.3 is 0 Å². The van der Waals surface area contributed by atoms with Crippen molar-refractivity contribution in [3.63, 3.8) is 0 Å². The third kappa shape index (κ3) is 5.79. The Hall–Kier alpha value is -3.81. The second-order valence-electron chi connectivity index (χ2n) is 9.42. The fourth-order valence-electron chi connectivity index (χ4n) is 4.60. The van der Waals surface area contributed by atoms with Gasteiger partial charge in [-0.3, -0.25) is 19.1 Å². The predicted octanol–water partition coefficient (Wildman–Crippen LogP) is 5.06. The van der Waals surface area contributed by atoms with Gasteiger partial charge in [0.15, 0.2) is 17.3 Å². The van der Waals surface area contributed by atoms with Crippen LogP contribution < -0.4 is 10.6 Å². The Morgan fingerprint density at radius 2 is 2.03 bits per heavy atom. The quantitative estimate of drug-likeness (QED) is 0.269. The molecule has 0 bridgehead atoms. The van der Waals surface area contributed by atoms with E-state index in [0.717, 1.165) is 57.8 Å². The summed E-state index contributed by atoms with van der Waals surface area (Å²) in [5.74, 6) is -0.263. The molecule has 5 aromatic heterocycles. The van der Waals surface area contributed by atoms with Crippen LogP contribution in [0.2, 0.25) is 0 Å². The fourth-order valence-corrected chi connectivity index (χ4v) is 6.17. The molecule has 2 N–H and O–H groups in total. The summed E-state index contributed by atoms with van der Waals surface area (Å²) in [5.41, 5.74) is 3.44. The molecule has 0 spiro atoms. The van der Waals surface area contributed by atoms with Gasteiger partial charge in [-0.25, -0.2) is 19.3 Å². The zero-order valence-corrected chi connectivity index (χ0v) is 22.9. The molecule has 0 atom stereocenters. The van der Waals surface area contributed by atoms with E-state index in [4.69, 9.17) is 0 Å². The minimum atomic E-state index is -0.577. The summed E-state index contributed by atoms with van der Waals surface area (Å²) in [6, 6.07) is 3.51. The molecule has 6 rings (SSSR count). The third-order valence-electron chi connectivity index (χ3n) is 6.40. The van der Waals surface area contributed by atoms with Crippen LogP contribution in [0.4, 0.5) is 20.9 Å². The second-order valence-corrected chi connectivity index (χ2v) is 11.3. The van der Waals surface area contributed by atoms with Crippen LogP contribution in [0.15, 0.2) is 43.1 Å². The first-order valence-electron chi connectivity index (χ1n) is 12.7. The molecule has 0 aliphatic carbocycles. The molecule has 39 heavy (non-hydrogen) atoms. The van der Waals surface area contributed by atoms with Crippen LogP contribution in [0, 0.1) is 12.7 Å². The number of thiazole rings is 1. The summed E-state index contributed by atoms with van der Waals surface area (Å²) in [6.07, 6.45) is 11.7. The maximum absolute atomic E-state index is 13.8. The highest BCUT2D eigenvalue weighted by Crippen LogP contribution is 2.30. The Balaban J connectivity index is 1.18. The van der Waals surface area contributed by atoms with Crippen LogP contribution in [0.5, 0.6) is 0 Å². The van der Waals surface area contributed by atoms with Gasteiger partial charge in [-0.15, -0.1) is 11.3 Å². The highest BCUT2D eigenvalue weighted by atomic mass is 32.1. The molecule has 1 saturated heterocycles. The molecule has 1 amide bonds. The number of hydrogen-bond donors (Lipinski definition) is 2. The number of hydrogen-bond acceptors (Lipinski definition) is 10. The highest BCUT2D eigenvalue weighted by molar-refractivity contribution is 7.15. The van der Waals surface area contributed by atoms with Crippen molar-refractivity contribution in [1.29, 1.82) is 0 Å². The molecular formula is C26H26FN9OS2. The van der Waals surface area contributed by atoms with E-state index >= 15 is 0 Å². The summed E-state index contributed by atoms with van der Waals surface area (Å²) >= 11 is 2.81. The number of imidazole rings is 1. The smallest absolute Gasteiger partial charge is 0.229 e. The van der Waals surface area contributed by atoms with Crippen molar-refractivity contribution in [1.82, 2.24) is 33.6 Å². The van der Waals surface area contributed by atoms with Crippen LogP contribution in [-0.2, 0) is 17.8 Å². The minimum absolute atomic E-state index is 0.0781. The Morgan fingerprint density at radius 1 is 1.15 bits per heavy atom. The number of likely N-dealkylation sites (tertiary alicyclic amines) is 1. The molecule has 0 aromatic carbocycles. The van der Waals surface area contributed by atoms with E-state index in [9.17, 15) is 9.18 Å². The molecule has 1 aliphatic rings.